The van der Waals surface area contributed by atoms with Crippen molar-refractivity contribution < 1.29 is 0 Å². The standard InChI is InChI=1S/C11H16ClN3/c1-8-3-4-13-11(14-8)15(2)7-9-5-10(12)6-9/h3-4,9-10H,5-7H2,1-2H3. The van der Waals surface area contributed by atoms with Gasteiger partial charge in [0.2, 0.25) is 5.95 Å². The van der Waals surface area contributed by atoms with Crippen LogP contribution in [0.5, 0.6) is 0 Å². The number of halogens is 1. The number of aromatic nitrogens is 2. The van der Waals surface area contributed by atoms with Crippen LogP contribution in [0.2, 0.25) is 0 Å². The van der Waals surface area contributed by atoms with Crippen molar-refractivity contribution >= 4 is 17.5 Å². The Morgan fingerprint density at radius 3 is 2.87 bits per heavy atom. The van der Waals surface area contributed by atoms with Crippen molar-refractivity contribution in [2.24, 2.45) is 5.92 Å². The van der Waals surface area contributed by atoms with Gasteiger partial charge < -0.3 is 4.90 Å². The first-order valence-electron chi connectivity index (χ1n) is 5.30. The Morgan fingerprint density at radius 2 is 2.27 bits per heavy atom. The second kappa shape index (κ2) is 4.35. The van der Waals surface area contributed by atoms with E-state index >= 15 is 0 Å². The molecule has 2 rings (SSSR count). The lowest BCUT2D eigenvalue weighted by Crippen LogP contribution is -2.35. The summed E-state index contributed by atoms with van der Waals surface area (Å²) in [6, 6.07) is 1.91. The van der Waals surface area contributed by atoms with Crippen LogP contribution < -0.4 is 4.90 Å². The molecule has 1 aromatic heterocycles. The third-order valence-corrected chi connectivity index (χ3v) is 3.19. The Balaban J connectivity index is 1.93. The highest BCUT2D eigenvalue weighted by Gasteiger charge is 2.28. The van der Waals surface area contributed by atoms with Crippen LogP contribution in [0.25, 0.3) is 0 Å². The zero-order valence-electron chi connectivity index (χ0n) is 9.15. The molecule has 4 heteroatoms. The summed E-state index contributed by atoms with van der Waals surface area (Å²) in [5.74, 6) is 1.52. The fraction of sp³-hybridized carbons (Fsp3) is 0.636. The van der Waals surface area contributed by atoms with Crippen molar-refractivity contribution in [1.29, 1.82) is 0 Å². The van der Waals surface area contributed by atoms with E-state index in [2.05, 4.69) is 14.9 Å². The van der Waals surface area contributed by atoms with Gasteiger partial charge in [-0.2, -0.15) is 0 Å². The predicted octanol–water partition coefficient (Wildman–Crippen LogP) is 2.24. The molecule has 0 N–H and O–H groups in total. The van der Waals surface area contributed by atoms with Crippen LogP contribution in [0.15, 0.2) is 12.3 Å². The molecule has 1 saturated carbocycles. The van der Waals surface area contributed by atoms with Crippen LogP contribution in [0, 0.1) is 12.8 Å². The molecular weight excluding hydrogens is 210 g/mol. The number of alkyl halides is 1. The second-order valence-corrected chi connectivity index (χ2v) is 4.93. The summed E-state index contributed by atoms with van der Waals surface area (Å²) in [5.41, 5.74) is 1.01. The molecule has 1 aromatic rings. The van der Waals surface area contributed by atoms with E-state index < -0.39 is 0 Å². The van der Waals surface area contributed by atoms with Gasteiger partial charge in [-0.3, -0.25) is 0 Å². The van der Waals surface area contributed by atoms with E-state index in [0.29, 0.717) is 11.3 Å². The highest BCUT2D eigenvalue weighted by atomic mass is 35.5. The van der Waals surface area contributed by atoms with Crippen LogP contribution >= 0.6 is 11.6 Å². The van der Waals surface area contributed by atoms with E-state index in [1.54, 1.807) is 6.20 Å². The van der Waals surface area contributed by atoms with Gasteiger partial charge in [0.25, 0.3) is 0 Å². The van der Waals surface area contributed by atoms with E-state index in [1.165, 1.54) is 0 Å². The minimum Gasteiger partial charge on any atom is -0.344 e. The van der Waals surface area contributed by atoms with Crippen molar-refractivity contribution in [3.63, 3.8) is 0 Å². The summed E-state index contributed by atoms with van der Waals surface area (Å²) in [6.45, 7) is 2.99. The quantitative estimate of drug-likeness (QED) is 0.739. The van der Waals surface area contributed by atoms with Crippen LogP contribution in [-0.4, -0.2) is 28.9 Å². The predicted molar refractivity (Wildman–Crippen MR) is 62.4 cm³/mol. The average molecular weight is 226 g/mol. The topological polar surface area (TPSA) is 29.0 Å². The minimum atomic E-state index is 0.391. The normalized spacial score (nSPS) is 24.7. The molecule has 0 aliphatic heterocycles. The van der Waals surface area contributed by atoms with Crippen molar-refractivity contribution in [2.75, 3.05) is 18.5 Å². The Hall–Kier alpha value is -0.830. The first-order valence-corrected chi connectivity index (χ1v) is 5.73. The Morgan fingerprint density at radius 1 is 1.53 bits per heavy atom. The second-order valence-electron chi connectivity index (χ2n) is 4.31. The molecule has 0 atom stereocenters. The molecule has 0 bridgehead atoms. The number of hydrogen-bond acceptors (Lipinski definition) is 3. The molecule has 0 saturated heterocycles. The molecule has 82 valence electrons. The van der Waals surface area contributed by atoms with Gasteiger partial charge in [-0.1, -0.05) is 0 Å². The lowest BCUT2D eigenvalue weighted by Gasteiger charge is -2.34. The average Bonchev–Trinajstić information content (AvgIpc) is 2.15. The summed E-state index contributed by atoms with van der Waals surface area (Å²) in [7, 11) is 2.04. The maximum absolute atomic E-state index is 5.95. The number of hydrogen-bond donors (Lipinski definition) is 0. The number of rotatable bonds is 3. The van der Waals surface area contributed by atoms with E-state index in [-0.39, 0.29) is 0 Å². The first-order chi connectivity index (χ1) is 7.15. The Bertz CT molecular complexity index is 336. The van der Waals surface area contributed by atoms with Crippen LogP contribution in [0.3, 0.4) is 0 Å². The van der Waals surface area contributed by atoms with Crippen molar-refractivity contribution in [3.8, 4) is 0 Å². The molecule has 3 nitrogen and oxygen atoms in total. The summed E-state index contributed by atoms with van der Waals surface area (Å²) in [4.78, 5) is 10.7. The van der Waals surface area contributed by atoms with E-state index in [1.807, 2.05) is 20.0 Å². The van der Waals surface area contributed by atoms with E-state index in [9.17, 15) is 0 Å². The Labute approximate surface area is 95.5 Å². The number of aryl methyl sites for hydroxylation is 1. The van der Waals surface area contributed by atoms with Crippen LogP contribution in [0.4, 0.5) is 5.95 Å². The van der Waals surface area contributed by atoms with Gasteiger partial charge in [0.1, 0.15) is 0 Å². The monoisotopic (exact) mass is 225 g/mol. The molecule has 0 spiro atoms. The van der Waals surface area contributed by atoms with Gasteiger partial charge in [0.05, 0.1) is 0 Å². The van der Waals surface area contributed by atoms with Crippen molar-refractivity contribution in [2.45, 2.75) is 25.1 Å². The lowest BCUT2D eigenvalue weighted by molar-refractivity contribution is 0.328. The zero-order valence-corrected chi connectivity index (χ0v) is 9.91. The van der Waals surface area contributed by atoms with Crippen molar-refractivity contribution in [3.05, 3.63) is 18.0 Å². The van der Waals surface area contributed by atoms with Gasteiger partial charge >= 0.3 is 0 Å². The maximum Gasteiger partial charge on any atom is 0.225 e. The third-order valence-electron chi connectivity index (χ3n) is 2.83. The largest absolute Gasteiger partial charge is 0.344 e. The summed E-state index contributed by atoms with van der Waals surface area (Å²) >= 11 is 5.95. The van der Waals surface area contributed by atoms with Gasteiger partial charge in [-0.05, 0) is 31.7 Å². The fourth-order valence-electron chi connectivity index (χ4n) is 1.89. The number of nitrogens with zero attached hydrogens (tertiary/aromatic N) is 3. The van der Waals surface area contributed by atoms with Crippen LogP contribution in [-0.2, 0) is 0 Å². The third kappa shape index (κ3) is 2.59. The molecule has 15 heavy (non-hydrogen) atoms. The van der Waals surface area contributed by atoms with Crippen LogP contribution in [0.1, 0.15) is 18.5 Å². The smallest absolute Gasteiger partial charge is 0.225 e. The fourth-order valence-corrected chi connectivity index (χ4v) is 2.40. The highest BCUT2D eigenvalue weighted by Crippen LogP contribution is 2.32. The molecule has 1 aliphatic carbocycles. The molecule has 0 radical (unpaired) electrons. The molecule has 0 aromatic carbocycles. The van der Waals surface area contributed by atoms with Gasteiger partial charge in [-0.25, -0.2) is 9.97 Å². The molecule has 0 amide bonds. The lowest BCUT2D eigenvalue weighted by atomic mass is 9.84. The number of anilines is 1. The van der Waals surface area contributed by atoms with Gasteiger partial charge in [-0.15, -0.1) is 11.6 Å². The van der Waals surface area contributed by atoms with E-state index in [4.69, 9.17) is 11.6 Å². The molecule has 0 unspecified atom stereocenters. The van der Waals surface area contributed by atoms with Gasteiger partial charge in [0.15, 0.2) is 0 Å². The molecule has 1 heterocycles. The summed E-state index contributed by atoms with van der Waals surface area (Å²) in [6.07, 6.45) is 4.05. The maximum atomic E-state index is 5.95. The minimum absolute atomic E-state index is 0.391. The SMILES string of the molecule is Cc1ccnc(N(C)CC2CC(Cl)C2)n1. The molecular formula is C11H16ClN3. The molecule has 1 aliphatic rings. The summed E-state index contributed by atoms with van der Waals surface area (Å²) in [5, 5.41) is 0.391. The Kier molecular flexibility index (Phi) is 3.10. The first kappa shape index (κ1) is 10.7. The van der Waals surface area contributed by atoms with Gasteiger partial charge in [0, 0.05) is 30.9 Å². The zero-order chi connectivity index (χ0) is 10.8. The van der Waals surface area contributed by atoms with E-state index in [0.717, 1.165) is 31.0 Å². The highest BCUT2D eigenvalue weighted by molar-refractivity contribution is 6.21. The summed E-state index contributed by atoms with van der Waals surface area (Å²) < 4.78 is 0. The van der Waals surface area contributed by atoms with Crippen molar-refractivity contribution in [1.82, 2.24) is 9.97 Å². The molecule has 1 fully saturated rings.